The number of hydrogen-bond acceptors (Lipinski definition) is 6. The van der Waals surface area contributed by atoms with Gasteiger partial charge in [-0.25, -0.2) is 4.79 Å². The highest BCUT2D eigenvalue weighted by molar-refractivity contribution is 5.72. The molecule has 0 saturated carbocycles. The van der Waals surface area contributed by atoms with E-state index in [4.69, 9.17) is 9.47 Å². The zero-order chi connectivity index (χ0) is 16.8. The maximum absolute atomic E-state index is 12.1. The van der Waals surface area contributed by atoms with E-state index >= 15 is 0 Å². The molecule has 0 atom stereocenters. The van der Waals surface area contributed by atoms with Gasteiger partial charge in [0, 0.05) is 20.6 Å². The Balaban J connectivity index is 1.64. The second kappa shape index (κ2) is 5.15. The highest BCUT2D eigenvalue weighted by Gasteiger charge is 2.15. The fraction of sp³-hybridized carbons (Fsp3) is 0.267. The lowest BCUT2D eigenvalue weighted by Crippen LogP contribution is -2.36. The van der Waals surface area contributed by atoms with Gasteiger partial charge >= 0.3 is 5.69 Å². The van der Waals surface area contributed by atoms with Gasteiger partial charge < -0.3 is 19.8 Å². The van der Waals surface area contributed by atoms with Gasteiger partial charge in [0.1, 0.15) is 0 Å². The Labute approximate surface area is 135 Å². The van der Waals surface area contributed by atoms with E-state index in [1.165, 1.54) is 11.6 Å². The predicted molar refractivity (Wildman–Crippen MR) is 86.5 cm³/mol. The van der Waals surface area contributed by atoms with Crippen LogP contribution in [-0.4, -0.2) is 25.9 Å². The van der Waals surface area contributed by atoms with Crippen molar-refractivity contribution in [3.8, 4) is 11.5 Å². The van der Waals surface area contributed by atoms with Gasteiger partial charge in [-0.3, -0.25) is 13.9 Å². The van der Waals surface area contributed by atoms with E-state index in [0.717, 1.165) is 15.9 Å². The van der Waals surface area contributed by atoms with Gasteiger partial charge in [0.05, 0.1) is 0 Å². The van der Waals surface area contributed by atoms with Crippen LogP contribution in [0.25, 0.3) is 11.2 Å². The topological polar surface area (TPSA) is 103 Å². The molecule has 0 unspecified atom stereocenters. The molecule has 0 aliphatic carbocycles. The van der Waals surface area contributed by atoms with Crippen LogP contribution in [0.4, 0.5) is 5.95 Å². The first-order chi connectivity index (χ1) is 11.5. The number of nitrogens with one attached hydrogen (secondary N) is 2. The number of aromatic amines is 1. The smallest absolute Gasteiger partial charge is 0.332 e. The van der Waals surface area contributed by atoms with Crippen molar-refractivity contribution in [2.45, 2.75) is 6.54 Å². The normalized spacial score (nSPS) is 12.8. The molecule has 9 heteroatoms. The molecule has 3 aromatic rings. The number of fused-ring (bicyclic) bond motifs is 2. The van der Waals surface area contributed by atoms with Gasteiger partial charge in [-0.15, -0.1) is 0 Å². The molecule has 0 amide bonds. The summed E-state index contributed by atoms with van der Waals surface area (Å²) in [7, 11) is 3.01. The molecule has 1 aliphatic heterocycles. The molecule has 2 aromatic heterocycles. The van der Waals surface area contributed by atoms with Crippen LogP contribution in [0.5, 0.6) is 11.5 Å². The van der Waals surface area contributed by atoms with Crippen molar-refractivity contribution >= 4 is 17.1 Å². The third-order valence-electron chi connectivity index (χ3n) is 3.99. The number of aryl methyl sites for hydroxylation is 1. The Morgan fingerprint density at radius 2 is 2.00 bits per heavy atom. The van der Waals surface area contributed by atoms with Crippen molar-refractivity contribution in [3.63, 3.8) is 0 Å². The largest absolute Gasteiger partial charge is 0.454 e. The summed E-state index contributed by atoms with van der Waals surface area (Å²) >= 11 is 0. The van der Waals surface area contributed by atoms with Gasteiger partial charge in [0.25, 0.3) is 5.56 Å². The summed E-state index contributed by atoms with van der Waals surface area (Å²) in [6.07, 6.45) is 0. The van der Waals surface area contributed by atoms with Crippen LogP contribution in [0.3, 0.4) is 0 Å². The summed E-state index contributed by atoms with van der Waals surface area (Å²) in [6.45, 7) is 0.706. The van der Waals surface area contributed by atoms with E-state index < -0.39 is 11.2 Å². The van der Waals surface area contributed by atoms with Gasteiger partial charge in [-0.2, -0.15) is 4.98 Å². The lowest BCUT2D eigenvalue weighted by molar-refractivity contribution is 0.174. The van der Waals surface area contributed by atoms with E-state index in [1.807, 2.05) is 18.2 Å². The molecule has 124 valence electrons. The number of ether oxygens (including phenoxy) is 2. The molecule has 1 aliphatic rings. The molecule has 0 fully saturated rings. The van der Waals surface area contributed by atoms with E-state index in [1.54, 1.807) is 7.05 Å². The SMILES string of the molecule is Cn1c(=O)c2[nH]c(NCc3ccc4c(c3)OCO4)nc2n(C)c1=O. The number of H-pyrrole nitrogens is 1. The quantitative estimate of drug-likeness (QED) is 0.716. The number of nitrogens with zero attached hydrogens (tertiary/aromatic N) is 3. The minimum Gasteiger partial charge on any atom is -0.454 e. The van der Waals surface area contributed by atoms with Gasteiger partial charge in [-0.1, -0.05) is 6.07 Å². The predicted octanol–water partition coefficient (Wildman–Crippen LogP) is 0.301. The Morgan fingerprint density at radius 3 is 2.83 bits per heavy atom. The Hall–Kier alpha value is -3.23. The number of hydrogen-bond donors (Lipinski definition) is 2. The van der Waals surface area contributed by atoms with Crippen LogP contribution in [0, 0.1) is 0 Å². The molecule has 4 rings (SSSR count). The summed E-state index contributed by atoms with van der Waals surface area (Å²) in [6, 6.07) is 5.64. The third kappa shape index (κ3) is 2.13. The van der Waals surface area contributed by atoms with Gasteiger partial charge in [-0.05, 0) is 17.7 Å². The lowest BCUT2D eigenvalue weighted by Gasteiger charge is -2.04. The number of imidazole rings is 1. The van der Waals surface area contributed by atoms with E-state index in [0.29, 0.717) is 23.9 Å². The number of rotatable bonds is 3. The number of aromatic nitrogens is 4. The molecule has 0 spiro atoms. The molecular formula is C15H15N5O4. The summed E-state index contributed by atoms with van der Waals surface area (Å²) < 4.78 is 13.0. The first kappa shape index (κ1) is 14.4. The van der Waals surface area contributed by atoms with Crippen molar-refractivity contribution in [1.82, 2.24) is 19.1 Å². The van der Waals surface area contributed by atoms with E-state index in [9.17, 15) is 9.59 Å². The van der Waals surface area contributed by atoms with E-state index in [-0.39, 0.29) is 12.3 Å². The van der Waals surface area contributed by atoms with Crippen molar-refractivity contribution in [2.75, 3.05) is 12.1 Å². The minimum atomic E-state index is -0.415. The molecule has 1 aromatic carbocycles. The van der Waals surface area contributed by atoms with Crippen LogP contribution in [0.15, 0.2) is 27.8 Å². The standard InChI is InChI=1S/C15H15N5O4/c1-19-12-11(13(21)20(2)15(19)22)17-14(18-12)16-6-8-3-4-9-10(5-8)24-7-23-9/h3-5H,6-7H2,1-2H3,(H2,16,17,18). The average Bonchev–Trinajstić information content (AvgIpc) is 3.22. The molecule has 0 saturated heterocycles. The average molecular weight is 329 g/mol. The van der Waals surface area contributed by atoms with Crippen molar-refractivity contribution in [1.29, 1.82) is 0 Å². The Morgan fingerprint density at radius 1 is 1.21 bits per heavy atom. The van der Waals surface area contributed by atoms with Crippen LogP contribution in [0.1, 0.15) is 5.56 Å². The Bertz CT molecular complexity index is 1060. The third-order valence-corrected chi connectivity index (χ3v) is 3.99. The summed E-state index contributed by atoms with van der Waals surface area (Å²) in [5.74, 6) is 1.84. The molecule has 2 N–H and O–H groups in total. The van der Waals surface area contributed by atoms with Gasteiger partial charge in [0.2, 0.25) is 12.7 Å². The van der Waals surface area contributed by atoms with Gasteiger partial charge in [0.15, 0.2) is 22.7 Å². The summed E-state index contributed by atoms with van der Waals surface area (Å²) in [4.78, 5) is 31.3. The maximum atomic E-state index is 12.1. The second-order valence-electron chi connectivity index (χ2n) is 5.53. The van der Waals surface area contributed by atoms with Crippen LogP contribution in [0.2, 0.25) is 0 Å². The zero-order valence-corrected chi connectivity index (χ0v) is 13.1. The van der Waals surface area contributed by atoms with Crippen molar-refractivity contribution < 1.29 is 9.47 Å². The molecule has 0 bridgehead atoms. The highest BCUT2D eigenvalue weighted by Crippen LogP contribution is 2.32. The molecular weight excluding hydrogens is 314 g/mol. The van der Waals surface area contributed by atoms with Crippen LogP contribution < -0.4 is 26.0 Å². The van der Waals surface area contributed by atoms with E-state index in [2.05, 4.69) is 15.3 Å². The zero-order valence-electron chi connectivity index (χ0n) is 13.1. The monoisotopic (exact) mass is 329 g/mol. The molecule has 0 radical (unpaired) electrons. The maximum Gasteiger partial charge on any atom is 0.332 e. The van der Waals surface area contributed by atoms with Crippen molar-refractivity contribution in [2.24, 2.45) is 14.1 Å². The number of anilines is 1. The minimum absolute atomic E-state index is 0.229. The lowest BCUT2D eigenvalue weighted by atomic mass is 10.2. The van der Waals surface area contributed by atoms with Crippen LogP contribution in [-0.2, 0) is 20.6 Å². The number of benzene rings is 1. The molecule has 3 heterocycles. The fourth-order valence-electron chi connectivity index (χ4n) is 2.65. The first-order valence-corrected chi connectivity index (χ1v) is 7.33. The second-order valence-corrected chi connectivity index (χ2v) is 5.53. The first-order valence-electron chi connectivity index (χ1n) is 7.33. The highest BCUT2D eigenvalue weighted by atomic mass is 16.7. The molecule has 24 heavy (non-hydrogen) atoms. The molecule has 9 nitrogen and oxygen atoms in total. The Kier molecular flexibility index (Phi) is 3.08. The fourth-order valence-corrected chi connectivity index (χ4v) is 2.65. The summed E-state index contributed by atoms with van der Waals surface area (Å²) in [5, 5.41) is 3.11. The van der Waals surface area contributed by atoms with Crippen LogP contribution >= 0.6 is 0 Å². The van der Waals surface area contributed by atoms with Crippen molar-refractivity contribution in [3.05, 3.63) is 44.6 Å². The summed E-state index contributed by atoms with van der Waals surface area (Å²) in [5.41, 5.74) is 0.753.